The van der Waals surface area contributed by atoms with Crippen molar-refractivity contribution in [1.29, 1.82) is 0 Å². The van der Waals surface area contributed by atoms with Gasteiger partial charge in [0.2, 0.25) is 0 Å². The highest BCUT2D eigenvalue weighted by atomic mass is 16.5. The second kappa shape index (κ2) is 7.61. The summed E-state index contributed by atoms with van der Waals surface area (Å²) in [5.74, 6) is 0.317. The fraction of sp³-hybridized carbons (Fsp3) is 0.211. The van der Waals surface area contributed by atoms with Gasteiger partial charge in [-0.05, 0) is 44.2 Å². The molecule has 0 aromatic heterocycles. The number of ether oxygens (including phenoxy) is 1. The van der Waals surface area contributed by atoms with E-state index in [0.717, 1.165) is 5.57 Å². The maximum Gasteiger partial charge on any atom is 0.196 e. The molecule has 0 radical (unpaired) electrons. The summed E-state index contributed by atoms with van der Waals surface area (Å²) >= 11 is 0. The molecule has 0 amide bonds. The van der Waals surface area contributed by atoms with E-state index in [0.29, 0.717) is 16.9 Å². The van der Waals surface area contributed by atoms with Crippen LogP contribution in [0.2, 0.25) is 0 Å². The molecule has 0 saturated carbocycles. The molecule has 0 aliphatic carbocycles. The second-order valence-corrected chi connectivity index (χ2v) is 5.39. The van der Waals surface area contributed by atoms with Crippen LogP contribution in [0.1, 0.15) is 35.3 Å². The highest BCUT2D eigenvalue weighted by Crippen LogP contribution is 2.27. The lowest BCUT2D eigenvalue weighted by atomic mass is 9.99. The van der Waals surface area contributed by atoms with Gasteiger partial charge in [-0.3, -0.25) is 4.79 Å². The zero-order valence-corrected chi connectivity index (χ0v) is 13.2. The first-order valence-corrected chi connectivity index (χ1v) is 7.38. The van der Waals surface area contributed by atoms with Crippen LogP contribution in [0.5, 0.6) is 11.5 Å². The average Bonchev–Trinajstić information content (AvgIpc) is 2.54. The van der Waals surface area contributed by atoms with Gasteiger partial charge in [0, 0.05) is 11.1 Å². The van der Waals surface area contributed by atoms with Gasteiger partial charge in [-0.25, -0.2) is 0 Å². The molecule has 2 aromatic carbocycles. The van der Waals surface area contributed by atoms with Gasteiger partial charge in [-0.15, -0.1) is 0 Å². The average molecular weight is 312 g/mol. The molecular weight excluding hydrogens is 292 g/mol. The van der Waals surface area contributed by atoms with E-state index in [2.05, 4.69) is 0 Å². The highest BCUT2D eigenvalue weighted by molar-refractivity contribution is 6.11. The number of phenols is 1. The van der Waals surface area contributed by atoms with E-state index in [1.54, 1.807) is 42.5 Å². The Labute approximate surface area is 135 Å². The number of aliphatic hydroxyl groups is 1. The lowest BCUT2D eigenvalue weighted by Crippen LogP contribution is -2.04. The van der Waals surface area contributed by atoms with Crippen molar-refractivity contribution >= 4 is 11.9 Å². The SMILES string of the molecule is CC(C)=Cc1cccc(C(=O)c2ccc(OCCO)cc2)c1O. The molecule has 23 heavy (non-hydrogen) atoms. The molecule has 0 fully saturated rings. The number of carbonyl (C=O) groups is 1. The summed E-state index contributed by atoms with van der Waals surface area (Å²) in [6, 6.07) is 11.7. The Morgan fingerprint density at radius 1 is 1.13 bits per heavy atom. The number of carbonyl (C=O) groups excluding carboxylic acids is 1. The molecule has 4 heteroatoms. The molecule has 0 aliphatic rings. The summed E-state index contributed by atoms with van der Waals surface area (Å²) in [5.41, 5.74) is 2.39. The van der Waals surface area contributed by atoms with Crippen LogP contribution >= 0.6 is 0 Å². The molecule has 2 aromatic rings. The van der Waals surface area contributed by atoms with Gasteiger partial charge in [-0.1, -0.05) is 23.8 Å². The van der Waals surface area contributed by atoms with Crippen LogP contribution in [0.3, 0.4) is 0 Å². The fourth-order valence-electron chi connectivity index (χ4n) is 2.19. The number of phenolic OH excluding ortho intramolecular Hbond substituents is 1. The Morgan fingerprint density at radius 3 is 2.43 bits per heavy atom. The van der Waals surface area contributed by atoms with E-state index in [-0.39, 0.29) is 30.3 Å². The first-order chi connectivity index (χ1) is 11.0. The van der Waals surface area contributed by atoms with Gasteiger partial charge in [-0.2, -0.15) is 0 Å². The van der Waals surface area contributed by atoms with Crippen LogP contribution < -0.4 is 4.74 Å². The van der Waals surface area contributed by atoms with Gasteiger partial charge < -0.3 is 14.9 Å². The Balaban J connectivity index is 2.28. The number of aliphatic hydroxyl groups excluding tert-OH is 1. The van der Waals surface area contributed by atoms with E-state index in [4.69, 9.17) is 9.84 Å². The molecule has 0 saturated heterocycles. The Hall–Kier alpha value is -2.59. The number of aromatic hydroxyl groups is 1. The maximum atomic E-state index is 12.6. The van der Waals surface area contributed by atoms with Gasteiger partial charge in [0.25, 0.3) is 0 Å². The largest absolute Gasteiger partial charge is 0.507 e. The maximum absolute atomic E-state index is 12.6. The standard InChI is InChI=1S/C19H20O4/c1-13(2)12-15-4-3-5-17(19(15)22)18(21)14-6-8-16(9-7-14)23-11-10-20/h3-9,12,20,22H,10-11H2,1-2H3. The third kappa shape index (κ3) is 4.20. The monoisotopic (exact) mass is 312 g/mol. The van der Waals surface area contributed by atoms with Gasteiger partial charge in [0.05, 0.1) is 12.2 Å². The third-order valence-electron chi connectivity index (χ3n) is 3.23. The third-order valence-corrected chi connectivity index (χ3v) is 3.23. The molecule has 2 N–H and O–H groups in total. The first-order valence-electron chi connectivity index (χ1n) is 7.38. The Morgan fingerprint density at radius 2 is 1.83 bits per heavy atom. The number of allylic oxidation sites excluding steroid dienone is 1. The topological polar surface area (TPSA) is 66.8 Å². The van der Waals surface area contributed by atoms with E-state index in [1.807, 2.05) is 19.9 Å². The van der Waals surface area contributed by atoms with E-state index in [1.165, 1.54) is 0 Å². The first kappa shape index (κ1) is 16.8. The molecule has 4 nitrogen and oxygen atoms in total. The lowest BCUT2D eigenvalue weighted by molar-refractivity contribution is 0.103. The zero-order valence-electron chi connectivity index (χ0n) is 13.2. The van der Waals surface area contributed by atoms with Crippen molar-refractivity contribution in [2.45, 2.75) is 13.8 Å². The zero-order chi connectivity index (χ0) is 16.8. The van der Waals surface area contributed by atoms with Crippen LogP contribution in [0.15, 0.2) is 48.0 Å². The summed E-state index contributed by atoms with van der Waals surface area (Å²) in [6.07, 6.45) is 1.83. The summed E-state index contributed by atoms with van der Waals surface area (Å²) < 4.78 is 5.26. The number of rotatable bonds is 6. The Kier molecular flexibility index (Phi) is 5.55. The van der Waals surface area contributed by atoms with E-state index in [9.17, 15) is 9.90 Å². The van der Waals surface area contributed by atoms with Gasteiger partial charge in [0.15, 0.2) is 5.78 Å². The molecule has 2 rings (SSSR count). The van der Waals surface area contributed by atoms with Crippen LogP contribution in [-0.2, 0) is 0 Å². The number of para-hydroxylation sites is 1. The van der Waals surface area contributed by atoms with Crippen molar-refractivity contribution in [3.8, 4) is 11.5 Å². The van der Waals surface area contributed by atoms with Crippen LogP contribution in [0, 0.1) is 0 Å². The van der Waals surface area contributed by atoms with Crippen LogP contribution in [0.25, 0.3) is 6.08 Å². The summed E-state index contributed by atoms with van der Waals surface area (Å²) in [6.45, 7) is 4.00. The number of hydrogen-bond donors (Lipinski definition) is 2. The van der Waals surface area contributed by atoms with Crippen molar-refractivity contribution in [2.24, 2.45) is 0 Å². The highest BCUT2D eigenvalue weighted by Gasteiger charge is 2.15. The van der Waals surface area contributed by atoms with Crippen molar-refractivity contribution in [3.63, 3.8) is 0 Å². The number of benzene rings is 2. The number of hydrogen-bond acceptors (Lipinski definition) is 4. The quantitative estimate of drug-likeness (QED) is 0.802. The Bertz CT molecular complexity index is 711. The van der Waals surface area contributed by atoms with E-state index >= 15 is 0 Å². The molecular formula is C19H20O4. The van der Waals surface area contributed by atoms with Gasteiger partial charge in [0.1, 0.15) is 18.1 Å². The molecule has 0 spiro atoms. The predicted molar refractivity (Wildman–Crippen MR) is 89.9 cm³/mol. The molecule has 0 aliphatic heterocycles. The normalized spacial score (nSPS) is 10.2. The summed E-state index contributed by atoms with van der Waals surface area (Å²) in [4.78, 5) is 12.6. The molecule has 0 unspecified atom stereocenters. The number of ketones is 1. The van der Waals surface area contributed by atoms with Crippen molar-refractivity contribution in [2.75, 3.05) is 13.2 Å². The van der Waals surface area contributed by atoms with Crippen LogP contribution in [0.4, 0.5) is 0 Å². The fourth-order valence-corrected chi connectivity index (χ4v) is 2.19. The lowest BCUT2D eigenvalue weighted by Gasteiger charge is -2.08. The minimum absolute atomic E-state index is 0.0145. The molecule has 0 bridgehead atoms. The smallest absolute Gasteiger partial charge is 0.196 e. The molecule has 0 heterocycles. The molecule has 120 valence electrons. The van der Waals surface area contributed by atoms with E-state index < -0.39 is 0 Å². The summed E-state index contributed by atoms with van der Waals surface area (Å²) in [7, 11) is 0. The second-order valence-electron chi connectivity index (χ2n) is 5.39. The minimum atomic E-state index is -0.250. The van der Waals surface area contributed by atoms with Crippen LogP contribution in [-0.4, -0.2) is 29.2 Å². The van der Waals surface area contributed by atoms with Crippen molar-refractivity contribution < 1.29 is 19.7 Å². The minimum Gasteiger partial charge on any atom is -0.507 e. The predicted octanol–water partition coefficient (Wildman–Crippen LogP) is 3.42. The molecule has 0 atom stereocenters. The van der Waals surface area contributed by atoms with Crippen molar-refractivity contribution in [1.82, 2.24) is 0 Å². The summed E-state index contributed by atoms with van der Waals surface area (Å²) in [5, 5.41) is 19.0. The van der Waals surface area contributed by atoms with Gasteiger partial charge >= 0.3 is 0 Å². The van der Waals surface area contributed by atoms with Crippen molar-refractivity contribution in [3.05, 3.63) is 64.7 Å².